The lowest BCUT2D eigenvalue weighted by Crippen LogP contribution is -2.35. The van der Waals surface area contributed by atoms with E-state index in [1.165, 1.54) is 29.2 Å². The Kier molecular flexibility index (Phi) is 7.73. The average Bonchev–Trinajstić information content (AvgIpc) is 2.48. The van der Waals surface area contributed by atoms with Crippen LogP contribution < -0.4 is 5.32 Å². The topological polar surface area (TPSA) is 86.7 Å². The zero-order chi connectivity index (χ0) is 17.2. The van der Waals surface area contributed by atoms with Crippen molar-refractivity contribution in [2.24, 2.45) is 0 Å². The van der Waals surface area contributed by atoms with Crippen LogP contribution in [0.4, 0.5) is 4.39 Å². The van der Waals surface area contributed by atoms with Crippen LogP contribution in [-0.2, 0) is 20.9 Å². The fourth-order valence-electron chi connectivity index (χ4n) is 2.05. The number of nitrogens with one attached hydrogen (secondary N) is 1. The van der Waals surface area contributed by atoms with Crippen molar-refractivity contribution in [3.05, 3.63) is 35.6 Å². The van der Waals surface area contributed by atoms with E-state index in [4.69, 9.17) is 5.11 Å². The fourth-order valence-corrected chi connectivity index (χ4v) is 2.05. The van der Waals surface area contributed by atoms with Gasteiger partial charge in [-0.15, -0.1) is 0 Å². The summed E-state index contributed by atoms with van der Waals surface area (Å²) in [6, 6.07) is 5.53. The van der Waals surface area contributed by atoms with E-state index in [9.17, 15) is 18.8 Å². The first kappa shape index (κ1) is 18.6. The molecule has 6 nitrogen and oxygen atoms in total. The Morgan fingerprint density at radius 3 is 2.39 bits per heavy atom. The fraction of sp³-hybridized carbons (Fsp3) is 0.438. The van der Waals surface area contributed by atoms with E-state index in [-0.39, 0.29) is 31.2 Å². The van der Waals surface area contributed by atoms with E-state index in [2.05, 4.69) is 5.32 Å². The molecule has 0 saturated carbocycles. The third kappa shape index (κ3) is 7.39. The Balaban J connectivity index is 2.58. The van der Waals surface area contributed by atoms with Gasteiger partial charge in [0.25, 0.3) is 0 Å². The van der Waals surface area contributed by atoms with Crippen molar-refractivity contribution >= 4 is 17.8 Å². The summed E-state index contributed by atoms with van der Waals surface area (Å²) in [5.74, 6) is -2.00. The maximum absolute atomic E-state index is 12.9. The Hall–Kier alpha value is -2.44. The van der Waals surface area contributed by atoms with Gasteiger partial charge < -0.3 is 15.3 Å². The normalized spacial score (nSPS) is 10.2. The van der Waals surface area contributed by atoms with E-state index >= 15 is 0 Å². The van der Waals surface area contributed by atoms with Gasteiger partial charge in [-0.2, -0.15) is 0 Å². The molecule has 0 saturated heterocycles. The number of halogens is 1. The number of hydrogen-bond donors (Lipinski definition) is 2. The SMILES string of the molecule is CCNC(=O)CCCC(=O)N(CC(=O)O)Cc1ccc(F)cc1. The number of carboxylic acid groups (broad SMARTS) is 1. The van der Waals surface area contributed by atoms with Crippen LogP contribution in [0.1, 0.15) is 31.7 Å². The van der Waals surface area contributed by atoms with Gasteiger partial charge in [0.05, 0.1) is 0 Å². The highest BCUT2D eigenvalue weighted by Crippen LogP contribution is 2.09. The summed E-state index contributed by atoms with van der Waals surface area (Å²) in [5, 5.41) is 11.6. The predicted octanol–water partition coefficient (Wildman–Crippen LogP) is 1.55. The van der Waals surface area contributed by atoms with Crippen molar-refractivity contribution in [1.82, 2.24) is 10.2 Å². The summed E-state index contributed by atoms with van der Waals surface area (Å²) in [7, 11) is 0. The van der Waals surface area contributed by atoms with E-state index in [1.54, 1.807) is 6.92 Å². The number of carbonyl (C=O) groups excluding carboxylic acids is 2. The van der Waals surface area contributed by atoms with Gasteiger partial charge in [0.2, 0.25) is 11.8 Å². The molecule has 23 heavy (non-hydrogen) atoms. The first-order valence-electron chi connectivity index (χ1n) is 7.43. The molecule has 0 bridgehead atoms. The molecule has 0 aliphatic rings. The first-order valence-corrected chi connectivity index (χ1v) is 7.43. The second-order valence-corrected chi connectivity index (χ2v) is 5.08. The third-order valence-electron chi connectivity index (χ3n) is 3.13. The van der Waals surface area contributed by atoms with E-state index < -0.39 is 18.3 Å². The minimum absolute atomic E-state index is 0.0889. The van der Waals surface area contributed by atoms with Gasteiger partial charge in [0.15, 0.2) is 0 Å². The van der Waals surface area contributed by atoms with Crippen LogP contribution >= 0.6 is 0 Å². The van der Waals surface area contributed by atoms with Crippen molar-refractivity contribution in [3.8, 4) is 0 Å². The van der Waals surface area contributed by atoms with Crippen LogP contribution in [0.5, 0.6) is 0 Å². The number of benzene rings is 1. The highest BCUT2D eigenvalue weighted by Gasteiger charge is 2.17. The van der Waals surface area contributed by atoms with Crippen LogP contribution in [0.3, 0.4) is 0 Å². The van der Waals surface area contributed by atoms with Crippen LogP contribution in [0.2, 0.25) is 0 Å². The molecule has 0 spiro atoms. The van der Waals surface area contributed by atoms with E-state index in [1.807, 2.05) is 0 Å². The van der Waals surface area contributed by atoms with Crippen molar-refractivity contribution in [3.63, 3.8) is 0 Å². The summed E-state index contributed by atoms with van der Waals surface area (Å²) < 4.78 is 12.9. The maximum atomic E-state index is 12.9. The molecule has 7 heteroatoms. The smallest absolute Gasteiger partial charge is 0.323 e. The second kappa shape index (κ2) is 9.55. The van der Waals surface area contributed by atoms with Gasteiger partial charge in [-0.05, 0) is 31.0 Å². The van der Waals surface area contributed by atoms with Gasteiger partial charge in [-0.25, -0.2) is 4.39 Å². The number of amides is 2. The van der Waals surface area contributed by atoms with Crippen molar-refractivity contribution in [1.29, 1.82) is 0 Å². The Bertz CT molecular complexity index is 546. The van der Waals surface area contributed by atoms with E-state index in [0.29, 0.717) is 18.5 Å². The summed E-state index contributed by atoms with van der Waals surface area (Å²) in [5.41, 5.74) is 0.643. The van der Waals surface area contributed by atoms with Crippen molar-refractivity contribution in [2.45, 2.75) is 32.7 Å². The molecule has 0 unspecified atom stereocenters. The molecular formula is C16H21FN2O4. The van der Waals surface area contributed by atoms with Gasteiger partial charge >= 0.3 is 5.97 Å². The number of carboxylic acids is 1. The van der Waals surface area contributed by atoms with E-state index in [0.717, 1.165) is 0 Å². The molecule has 1 aromatic rings. The maximum Gasteiger partial charge on any atom is 0.323 e. The van der Waals surface area contributed by atoms with Crippen molar-refractivity contribution in [2.75, 3.05) is 13.1 Å². The predicted molar refractivity (Wildman–Crippen MR) is 82.0 cm³/mol. The van der Waals surface area contributed by atoms with Gasteiger partial charge in [0, 0.05) is 25.9 Å². The number of rotatable bonds is 9. The number of carbonyl (C=O) groups is 3. The van der Waals surface area contributed by atoms with Gasteiger partial charge in [-0.1, -0.05) is 12.1 Å². The lowest BCUT2D eigenvalue weighted by atomic mass is 10.1. The molecule has 0 fully saturated rings. The molecule has 0 aliphatic carbocycles. The second-order valence-electron chi connectivity index (χ2n) is 5.08. The quantitative estimate of drug-likeness (QED) is 0.721. The molecule has 1 rings (SSSR count). The number of aliphatic carboxylic acids is 1. The average molecular weight is 324 g/mol. The standard InChI is InChI=1S/C16H21FN2O4/c1-2-18-14(20)4-3-5-15(21)19(11-16(22)23)10-12-6-8-13(17)9-7-12/h6-9H,2-5,10-11H2,1H3,(H,18,20)(H,22,23). The molecule has 0 aliphatic heterocycles. The molecule has 2 N–H and O–H groups in total. The Morgan fingerprint density at radius 2 is 1.83 bits per heavy atom. The van der Waals surface area contributed by atoms with Crippen LogP contribution in [0.25, 0.3) is 0 Å². The molecule has 1 aromatic carbocycles. The largest absolute Gasteiger partial charge is 0.480 e. The van der Waals surface area contributed by atoms with Crippen LogP contribution in [0.15, 0.2) is 24.3 Å². The summed E-state index contributed by atoms with van der Waals surface area (Å²) >= 11 is 0. The van der Waals surface area contributed by atoms with Crippen LogP contribution in [0, 0.1) is 5.82 Å². The highest BCUT2D eigenvalue weighted by atomic mass is 19.1. The zero-order valence-electron chi connectivity index (χ0n) is 13.0. The molecule has 2 amide bonds. The minimum atomic E-state index is -1.12. The molecule has 0 atom stereocenters. The lowest BCUT2D eigenvalue weighted by Gasteiger charge is -2.21. The third-order valence-corrected chi connectivity index (χ3v) is 3.13. The van der Waals surface area contributed by atoms with Crippen molar-refractivity contribution < 1.29 is 23.9 Å². The van der Waals surface area contributed by atoms with Gasteiger partial charge in [-0.3, -0.25) is 14.4 Å². The summed E-state index contributed by atoms with van der Waals surface area (Å²) in [4.78, 5) is 35.6. The Labute approximate surface area is 134 Å². The first-order chi connectivity index (χ1) is 10.9. The van der Waals surface area contributed by atoms with Crippen LogP contribution in [-0.4, -0.2) is 40.9 Å². The molecular weight excluding hydrogens is 303 g/mol. The number of nitrogens with zero attached hydrogens (tertiary/aromatic N) is 1. The summed E-state index contributed by atoms with van der Waals surface area (Å²) in [6.45, 7) is 1.99. The summed E-state index contributed by atoms with van der Waals surface area (Å²) in [6.07, 6.45) is 0.660. The van der Waals surface area contributed by atoms with Gasteiger partial charge in [0.1, 0.15) is 12.4 Å². The highest BCUT2D eigenvalue weighted by molar-refractivity contribution is 5.82. The molecule has 126 valence electrons. The lowest BCUT2D eigenvalue weighted by molar-refractivity contribution is -0.145. The molecule has 0 heterocycles. The molecule has 0 aromatic heterocycles. The monoisotopic (exact) mass is 324 g/mol. The molecule has 0 radical (unpaired) electrons. The zero-order valence-corrected chi connectivity index (χ0v) is 13.0. The Morgan fingerprint density at radius 1 is 1.17 bits per heavy atom. The minimum Gasteiger partial charge on any atom is -0.480 e. The number of hydrogen-bond acceptors (Lipinski definition) is 3.